The Morgan fingerprint density at radius 3 is 2.24 bits per heavy atom. The molecule has 1 aliphatic heterocycles. The number of nitrogens with zero attached hydrogens (tertiary/aromatic N) is 5. The van der Waals surface area contributed by atoms with Crippen molar-refractivity contribution in [2.75, 3.05) is 44.6 Å². The van der Waals surface area contributed by atoms with Crippen molar-refractivity contribution in [3.63, 3.8) is 0 Å². The van der Waals surface area contributed by atoms with E-state index in [1.165, 1.54) is 22.0 Å². The fraction of sp³-hybridized carbons (Fsp3) is 0.571. The first kappa shape index (κ1) is 32.5. The second kappa shape index (κ2) is 14.2. The van der Waals surface area contributed by atoms with Gasteiger partial charge in [-0.15, -0.1) is 12.4 Å². The van der Waals surface area contributed by atoms with E-state index in [0.717, 1.165) is 38.8 Å². The average Bonchev–Trinajstić information content (AvgIpc) is 2.96. The maximum atomic E-state index is 12.8. The Morgan fingerprint density at radius 2 is 1.68 bits per heavy atom. The molecule has 2 aromatic rings. The molecule has 6 N–H and O–H groups in total. The lowest BCUT2D eigenvalue weighted by Gasteiger charge is -2.37. The molecule has 226 valence electrons. The highest BCUT2D eigenvalue weighted by molar-refractivity contribution is 5.89. The molecule has 0 unspecified atom stereocenters. The number of hydrogen-bond donors (Lipinski definition) is 4. The highest BCUT2D eigenvalue weighted by Crippen LogP contribution is 2.24. The number of carbonyl (C=O) groups is 2. The topological polar surface area (TPSA) is 163 Å². The molecule has 1 atom stereocenters. The molecule has 41 heavy (non-hydrogen) atoms. The van der Waals surface area contributed by atoms with Crippen LogP contribution in [0, 0.1) is 0 Å². The molecule has 1 saturated heterocycles. The van der Waals surface area contributed by atoms with Gasteiger partial charge >= 0.3 is 11.7 Å². The van der Waals surface area contributed by atoms with Crippen molar-refractivity contribution < 1.29 is 14.7 Å². The summed E-state index contributed by atoms with van der Waals surface area (Å²) in [5, 5.41) is 12.0. The Balaban J connectivity index is 0.00000462. The molecule has 3 amide bonds. The number of nitrogens with two attached hydrogens (primary N) is 2. The minimum atomic E-state index is -1.35. The SMILES string of the molecule is CCN(Cc1ccc(-n2ccc(NC(=O)N3CCN(C(=O)[C@@](C)(N)CO)CC3)nc2=O)cc1)C1CCC(N)CC1.Cl. The number of urea groups is 1. The van der Waals surface area contributed by atoms with Gasteiger partial charge in [0.05, 0.1) is 12.3 Å². The van der Waals surface area contributed by atoms with E-state index in [0.29, 0.717) is 44.0 Å². The zero-order chi connectivity index (χ0) is 28.9. The van der Waals surface area contributed by atoms with Gasteiger partial charge in [0.25, 0.3) is 0 Å². The summed E-state index contributed by atoms with van der Waals surface area (Å²) >= 11 is 0. The van der Waals surface area contributed by atoms with Crippen LogP contribution in [-0.4, -0.2) is 98.2 Å². The van der Waals surface area contributed by atoms with Crippen LogP contribution < -0.4 is 22.5 Å². The van der Waals surface area contributed by atoms with Crippen LogP contribution in [0.2, 0.25) is 0 Å². The Bertz CT molecular complexity index is 1220. The first-order valence-corrected chi connectivity index (χ1v) is 14.0. The van der Waals surface area contributed by atoms with Gasteiger partial charge in [0.1, 0.15) is 11.4 Å². The van der Waals surface area contributed by atoms with Gasteiger partial charge in [0.2, 0.25) is 5.91 Å². The lowest BCUT2D eigenvalue weighted by molar-refractivity contribution is -0.139. The second-order valence-electron chi connectivity index (χ2n) is 11.0. The van der Waals surface area contributed by atoms with Crippen molar-refractivity contribution in [2.45, 2.75) is 63.7 Å². The largest absolute Gasteiger partial charge is 0.394 e. The molecule has 1 aliphatic carbocycles. The Hall–Kier alpha value is -3.03. The van der Waals surface area contributed by atoms with Crippen LogP contribution in [0.4, 0.5) is 10.6 Å². The number of halogens is 1. The van der Waals surface area contributed by atoms with E-state index in [-0.39, 0.29) is 24.1 Å². The van der Waals surface area contributed by atoms with E-state index in [1.54, 1.807) is 17.2 Å². The zero-order valence-electron chi connectivity index (χ0n) is 23.9. The van der Waals surface area contributed by atoms with E-state index < -0.39 is 23.9 Å². The predicted molar refractivity (Wildman–Crippen MR) is 160 cm³/mol. The van der Waals surface area contributed by atoms with Crippen LogP contribution in [0.25, 0.3) is 5.69 Å². The minimum absolute atomic E-state index is 0. The second-order valence-corrected chi connectivity index (χ2v) is 11.0. The van der Waals surface area contributed by atoms with Crippen LogP contribution in [0.15, 0.2) is 41.3 Å². The van der Waals surface area contributed by atoms with Gasteiger partial charge in [-0.25, -0.2) is 9.59 Å². The van der Waals surface area contributed by atoms with Crippen LogP contribution in [0.1, 0.15) is 45.1 Å². The normalized spacial score (nSPS) is 20.7. The summed E-state index contributed by atoms with van der Waals surface area (Å²) in [6, 6.07) is 9.95. The molecule has 2 fully saturated rings. The molecule has 0 radical (unpaired) electrons. The van der Waals surface area contributed by atoms with Crippen LogP contribution in [0.5, 0.6) is 0 Å². The average molecular weight is 591 g/mol. The maximum absolute atomic E-state index is 12.8. The third kappa shape index (κ3) is 8.04. The third-order valence-corrected chi connectivity index (χ3v) is 7.97. The predicted octanol–water partition coefficient (Wildman–Crippen LogP) is 1.13. The van der Waals surface area contributed by atoms with E-state index in [9.17, 15) is 19.5 Å². The maximum Gasteiger partial charge on any atom is 0.354 e. The molecular formula is C28H43ClN8O4. The number of anilines is 1. The molecule has 1 aromatic heterocycles. The van der Waals surface area contributed by atoms with E-state index >= 15 is 0 Å². The number of aromatic nitrogens is 2. The number of amides is 3. The van der Waals surface area contributed by atoms with Crippen molar-refractivity contribution in [1.29, 1.82) is 0 Å². The first-order chi connectivity index (χ1) is 19.1. The summed E-state index contributed by atoms with van der Waals surface area (Å²) in [7, 11) is 0. The smallest absolute Gasteiger partial charge is 0.354 e. The fourth-order valence-electron chi connectivity index (χ4n) is 5.36. The van der Waals surface area contributed by atoms with Gasteiger partial charge in [-0.1, -0.05) is 19.1 Å². The van der Waals surface area contributed by atoms with Crippen molar-refractivity contribution >= 4 is 30.2 Å². The van der Waals surface area contributed by atoms with Gasteiger partial charge in [-0.05, 0) is 62.9 Å². The summed E-state index contributed by atoms with van der Waals surface area (Å²) in [5.41, 5.74) is 11.9. The van der Waals surface area contributed by atoms with Crippen molar-refractivity contribution in [3.8, 4) is 5.69 Å². The van der Waals surface area contributed by atoms with Gasteiger partial charge in [-0.3, -0.25) is 19.6 Å². The molecule has 1 saturated carbocycles. The van der Waals surface area contributed by atoms with E-state index in [4.69, 9.17) is 11.5 Å². The summed E-state index contributed by atoms with van der Waals surface area (Å²) in [6.07, 6.45) is 6.00. The van der Waals surface area contributed by atoms with Crippen LogP contribution in [0.3, 0.4) is 0 Å². The molecule has 12 nitrogen and oxygen atoms in total. The van der Waals surface area contributed by atoms with E-state index in [1.807, 2.05) is 24.3 Å². The summed E-state index contributed by atoms with van der Waals surface area (Å²) in [5.74, 6) is -0.201. The summed E-state index contributed by atoms with van der Waals surface area (Å²) < 4.78 is 1.44. The molecule has 13 heteroatoms. The number of rotatable bonds is 8. The number of piperazine rings is 1. The van der Waals surface area contributed by atoms with Gasteiger partial charge in [-0.2, -0.15) is 4.98 Å². The summed E-state index contributed by atoms with van der Waals surface area (Å²) in [6.45, 7) is 6.23. The zero-order valence-corrected chi connectivity index (χ0v) is 24.7. The molecule has 0 bridgehead atoms. The standard InChI is InChI=1S/C28H42N8O4.ClH/c1-3-33(22-10-6-21(29)7-11-22)18-20-4-8-23(9-5-20)36-13-12-24(32-27(36)40)31-26(39)35-16-14-34(15-17-35)25(38)28(2,30)19-37;/h4-5,8-9,12-13,21-22,37H,3,6-7,10-11,14-19,29-30H2,1-2H3,(H,31,32,39,40);1H/t21?,22?,28-;/m0./s1. The van der Waals surface area contributed by atoms with Crippen LogP contribution in [-0.2, 0) is 11.3 Å². The van der Waals surface area contributed by atoms with Gasteiger partial charge in [0, 0.05) is 51.0 Å². The number of aliphatic hydroxyl groups is 1. The molecule has 1 aromatic carbocycles. The number of nitrogens with one attached hydrogen (secondary N) is 1. The van der Waals surface area contributed by atoms with Crippen LogP contribution >= 0.6 is 12.4 Å². The fourth-order valence-corrected chi connectivity index (χ4v) is 5.36. The lowest BCUT2D eigenvalue weighted by atomic mass is 9.90. The first-order valence-electron chi connectivity index (χ1n) is 14.0. The van der Waals surface area contributed by atoms with Crippen molar-refractivity contribution in [1.82, 2.24) is 24.3 Å². The number of benzene rings is 1. The highest BCUT2D eigenvalue weighted by Gasteiger charge is 2.34. The summed E-state index contributed by atoms with van der Waals surface area (Å²) in [4.78, 5) is 47.6. The van der Waals surface area contributed by atoms with Gasteiger partial charge < -0.3 is 26.4 Å². The monoisotopic (exact) mass is 590 g/mol. The number of hydrogen-bond acceptors (Lipinski definition) is 8. The number of aliphatic hydroxyl groups excluding tert-OH is 1. The molecular weight excluding hydrogens is 548 g/mol. The van der Waals surface area contributed by atoms with Crippen molar-refractivity contribution in [2.24, 2.45) is 11.5 Å². The Kier molecular flexibility index (Phi) is 11.3. The number of carbonyl (C=O) groups excluding carboxylic acids is 2. The van der Waals surface area contributed by atoms with E-state index in [2.05, 4.69) is 22.1 Å². The Morgan fingerprint density at radius 1 is 1.07 bits per heavy atom. The van der Waals surface area contributed by atoms with Crippen molar-refractivity contribution in [3.05, 3.63) is 52.6 Å². The molecule has 2 heterocycles. The Labute approximate surface area is 247 Å². The van der Waals surface area contributed by atoms with Gasteiger partial charge in [0.15, 0.2) is 0 Å². The minimum Gasteiger partial charge on any atom is -0.394 e. The molecule has 4 rings (SSSR count). The highest BCUT2D eigenvalue weighted by atomic mass is 35.5. The lowest BCUT2D eigenvalue weighted by Crippen LogP contribution is -2.60. The molecule has 0 spiro atoms. The quantitative estimate of drug-likeness (QED) is 0.355. The third-order valence-electron chi connectivity index (χ3n) is 7.97. The molecule has 2 aliphatic rings.